The lowest BCUT2D eigenvalue weighted by molar-refractivity contribution is -0.144. The number of esters is 1. The first-order valence-electron chi connectivity index (χ1n) is 7.46. The smallest absolute Gasteiger partial charge is 0.349 e. The Hall–Kier alpha value is -2.55. The lowest BCUT2D eigenvalue weighted by atomic mass is 10.1. The van der Waals surface area contributed by atoms with Crippen LogP contribution >= 0.6 is 0 Å². The molecule has 1 N–H and O–H groups in total. The molecule has 0 unspecified atom stereocenters. The molecule has 0 aliphatic heterocycles. The highest BCUT2D eigenvalue weighted by molar-refractivity contribution is 5.99. The largest absolute Gasteiger partial charge is 0.451 e. The van der Waals surface area contributed by atoms with Crippen LogP contribution in [0.4, 0.5) is 0 Å². The highest BCUT2D eigenvalue weighted by Gasteiger charge is 2.15. The second-order valence-corrected chi connectivity index (χ2v) is 5.75. The molecule has 0 bridgehead atoms. The van der Waals surface area contributed by atoms with E-state index in [2.05, 4.69) is 23.7 Å². The van der Waals surface area contributed by atoms with Crippen LogP contribution in [0.1, 0.15) is 30.8 Å². The van der Waals surface area contributed by atoms with Gasteiger partial charge in [0.1, 0.15) is 11.6 Å². The molecule has 1 amide bonds. The number of likely N-dealkylation sites (N-methyl/N-ethyl adjacent to an activating group) is 1. The number of amides is 1. The number of nitrogens with one attached hydrogen (secondary N) is 1. The van der Waals surface area contributed by atoms with Crippen molar-refractivity contribution in [3.05, 3.63) is 28.6 Å². The van der Waals surface area contributed by atoms with Gasteiger partial charge in [0.2, 0.25) is 0 Å². The molecule has 0 saturated heterocycles. The zero-order valence-corrected chi connectivity index (χ0v) is 14.3. The third kappa shape index (κ3) is 4.99. The molecular weight excluding hydrogens is 294 g/mol. The monoisotopic (exact) mass is 317 g/mol. The second-order valence-electron chi connectivity index (χ2n) is 5.75. The molecule has 23 heavy (non-hydrogen) atoms. The van der Waals surface area contributed by atoms with Gasteiger partial charge in [0.15, 0.2) is 6.61 Å². The van der Waals surface area contributed by atoms with Crippen LogP contribution in [0, 0.1) is 31.1 Å². The minimum atomic E-state index is -0.801. The Bertz CT molecular complexity index is 663. The van der Waals surface area contributed by atoms with E-state index in [9.17, 15) is 9.59 Å². The minimum Gasteiger partial charge on any atom is -0.451 e. The normalized spacial score (nSPS) is 11.3. The number of aromatic nitrogens is 1. The predicted octanol–water partition coefficient (Wildman–Crippen LogP) is 1.96. The standard InChI is InChI=1S/C17H23N3O3/c1-11(2)9-20-12(3)6-14(13(20)4)7-15(8-18)17(22)23-10-16(21)19-5/h6-7,11H,9-10H2,1-5H3,(H,19,21). The quantitative estimate of drug-likeness (QED) is 0.494. The molecule has 1 aromatic heterocycles. The molecule has 0 atom stereocenters. The molecule has 124 valence electrons. The summed E-state index contributed by atoms with van der Waals surface area (Å²) in [5.41, 5.74) is 2.73. The van der Waals surface area contributed by atoms with E-state index in [1.807, 2.05) is 26.0 Å². The number of nitrogens with zero attached hydrogens (tertiary/aromatic N) is 2. The number of aryl methyl sites for hydroxylation is 1. The first kappa shape index (κ1) is 18.5. The summed E-state index contributed by atoms with van der Waals surface area (Å²) < 4.78 is 6.97. The average Bonchev–Trinajstić information content (AvgIpc) is 2.76. The van der Waals surface area contributed by atoms with Crippen LogP contribution in [-0.2, 0) is 20.9 Å². The summed E-state index contributed by atoms with van der Waals surface area (Å²) in [5.74, 6) is -0.736. The number of hydrogen-bond acceptors (Lipinski definition) is 4. The minimum absolute atomic E-state index is 0.126. The van der Waals surface area contributed by atoms with Gasteiger partial charge in [-0.05, 0) is 37.5 Å². The van der Waals surface area contributed by atoms with Gasteiger partial charge in [0.05, 0.1) is 0 Å². The molecule has 6 heteroatoms. The van der Waals surface area contributed by atoms with E-state index < -0.39 is 18.5 Å². The summed E-state index contributed by atoms with van der Waals surface area (Å²) in [6, 6.07) is 3.77. The molecule has 1 rings (SSSR count). The summed E-state index contributed by atoms with van der Waals surface area (Å²) in [7, 11) is 1.45. The van der Waals surface area contributed by atoms with Crippen molar-refractivity contribution >= 4 is 18.0 Å². The number of hydrogen-bond donors (Lipinski definition) is 1. The van der Waals surface area contributed by atoms with E-state index in [1.165, 1.54) is 13.1 Å². The van der Waals surface area contributed by atoms with E-state index in [0.29, 0.717) is 5.92 Å². The Labute approximate surface area is 136 Å². The molecule has 0 aromatic carbocycles. The van der Waals surface area contributed by atoms with Gasteiger partial charge in [-0.25, -0.2) is 4.79 Å². The number of carbonyl (C=O) groups excluding carboxylic acids is 2. The molecule has 0 aliphatic carbocycles. The lowest BCUT2D eigenvalue weighted by Crippen LogP contribution is -2.25. The van der Waals surface area contributed by atoms with Gasteiger partial charge in [-0.3, -0.25) is 4.79 Å². The van der Waals surface area contributed by atoms with Crippen LogP contribution < -0.4 is 5.32 Å². The Morgan fingerprint density at radius 2 is 2.09 bits per heavy atom. The van der Waals surface area contributed by atoms with E-state index in [0.717, 1.165) is 23.5 Å². The Morgan fingerprint density at radius 3 is 2.61 bits per heavy atom. The van der Waals surface area contributed by atoms with Gasteiger partial charge >= 0.3 is 5.97 Å². The number of ether oxygens (including phenoxy) is 1. The predicted molar refractivity (Wildman–Crippen MR) is 87.4 cm³/mol. The van der Waals surface area contributed by atoms with Gasteiger partial charge < -0.3 is 14.6 Å². The zero-order valence-electron chi connectivity index (χ0n) is 14.3. The van der Waals surface area contributed by atoms with Crippen LogP contribution in [-0.4, -0.2) is 30.1 Å². The number of carbonyl (C=O) groups is 2. The van der Waals surface area contributed by atoms with Crippen molar-refractivity contribution in [3.63, 3.8) is 0 Å². The summed E-state index contributed by atoms with van der Waals surface area (Å²) in [4.78, 5) is 23.0. The van der Waals surface area contributed by atoms with E-state index in [4.69, 9.17) is 10.00 Å². The summed E-state index contributed by atoms with van der Waals surface area (Å²) >= 11 is 0. The van der Waals surface area contributed by atoms with E-state index >= 15 is 0 Å². The van der Waals surface area contributed by atoms with Crippen LogP contribution in [0.2, 0.25) is 0 Å². The van der Waals surface area contributed by atoms with E-state index in [1.54, 1.807) is 0 Å². The molecule has 0 aliphatic rings. The average molecular weight is 317 g/mol. The molecular formula is C17H23N3O3. The van der Waals surface area contributed by atoms with Gasteiger partial charge in [-0.1, -0.05) is 13.8 Å². The third-order valence-electron chi connectivity index (χ3n) is 3.41. The van der Waals surface area contributed by atoms with Gasteiger partial charge in [-0.15, -0.1) is 0 Å². The van der Waals surface area contributed by atoms with Crippen molar-refractivity contribution in [1.29, 1.82) is 5.26 Å². The summed E-state index contributed by atoms with van der Waals surface area (Å²) in [5, 5.41) is 11.5. The molecule has 0 saturated carbocycles. The molecule has 1 heterocycles. The Morgan fingerprint density at radius 1 is 1.43 bits per heavy atom. The van der Waals surface area contributed by atoms with Crippen LogP contribution in [0.5, 0.6) is 0 Å². The van der Waals surface area contributed by atoms with Crippen LogP contribution in [0.15, 0.2) is 11.6 Å². The van der Waals surface area contributed by atoms with Gasteiger partial charge in [0, 0.05) is 25.0 Å². The highest BCUT2D eigenvalue weighted by atomic mass is 16.5. The van der Waals surface area contributed by atoms with Gasteiger partial charge in [0.25, 0.3) is 5.91 Å². The summed E-state index contributed by atoms with van der Waals surface area (Å²) in [6.45, 7) is 8.67. The molecule has 0 fully saturated rings. The Kier molecular flexibility index (Phi) is 6.58. The first-order valence-corrected chi connectivity index (χ1v) is 7.46. The first-order chi connectivity index (χ1) is 10.8. The maximum atomic E-state index is 11.9. The molecule has 1 aromatic rings. The number of rotatable bonds is 6. The van der Waals surface area contributed by atoms with Crippen molar-refractivity contribution in [2.45, 2.75) is 34.2 Å². The van der Waals surface area contributed by atoms with Crippen molar-refractivity contribution in [1.82, 2.24) is 9.88 Å². The fourth-order valence-corrected chi connectivity index (χ4v) is 2.19. The maximum Gasteiger partial charge on any atom is 0.349 e. The van der Waals surface area contributed by atoms with Crippen molar-refractivity contribution in [2.75, 3.05) is 13.7 Å². The molecule has 0 spiro atoms. The van der Waals surface area contributed by atoms with E-state index in [-0.39, 0.29) is 5.57 Å². The van der Waals surface area contributed by atoms with Crippen molar-refractivity contribution in [3.8, 4) is 6.07 Å². The lowest BCUT2D eigenvalue weighted by Gasteiger charge is -2.12. The number of nitriles is 1. The fraction of sp³-hybridized carbons (Fsp3) is 0.471. The fourth-order valence-electron chi connectivity index (χ4n) is 2.19. The third-order valence-corrected chi connectivity index (χ3v) is 3.41. The Balaban J connectivity index is 3.01. The van der Waals surface area contributed by atoms with Crippen molar-refractivity contribution in [2.24, 2.45) is 5.92 Å². The maximum absolute atomic E-state index is 11.9. The SMILES string of the molecule is CNC(=O)COC(=O)C(C#N)=Cc1cc(C)n(CC(C)C)c1C. The second kappa shape index (κ2) is 8.18. The highest BCUT2D eigenvalue weighted by Crippen LogP contribution is 2.20. The van der Waals surface area contributed by atoms with Crippen LogP contribution in [0.3, 0.4) is 0 Å². The van der Waals surface area contributed by atoms with Gasteiger partial charge in [-0.2, -0.15) is 5.26 Å². The molecule has 6 nitrogen and oxygen atoms in total. The van der Waals surface area contributed by atoms with Crippen molar-refractivity contribution < 1.29 is 14.3 Å². The van der Waals surface area contributed by atoms with Crippen LogP contribution in [0.25, 0.3) is 6.08 Å². The zero-order chi connectivity index (χ0) is 17.6. The summed E-state index contributed by atoms with van der Waals surface area (Å²) in [6.07, 6.45) is 1.51. The molecule has 0 radical (unpaired) electrons. The topological polar surface area (TPSA) is 84.1 Å².